The second-order valence-electron chi connectivity index (χ2n) is 10.4. The second kappa shape index (κ2) is 10.3. The summed E-state index contributed by atoms with van der Waals surface area (Å²) in [5.41, 5.74) is 4.45. The van der Waals surface area contributed by atoms with Crippen LogP contribution < -0.4 is 19.7 Å². The van der Waals surface area contributed by atoms with E-state index in [9.17, 15) is 9.35 Å². The lowest BCUT2D eigenvalue weighted by Gasteiger charge is -2.35. The van der Waals surface area contributed by atoms with Crippen molar-refractivity contribution >= 4 is 34.0 Å². The van der Waals surface area contributed by atoms with Gasteiger partial charge in [-0.3, -0.25) is 4.79 Å². The average molecular weight is 539 g/mol. The Kier molecular flexibility index (Phi) is 6.83. The fourth-order valence-electron chi connectivity index (χ4n) is 5.40. The molecule has 0 radical (unpaired) electrons. The van der Waals surface area contributed by atoms with E-state index in [1.54, 1.807) is 13.4 Å². The summed E-state index contributed by atoms with van der Waals surface area (Å²) in [7, 11) is 1.68. The Bertz CT molecular complexity index is 1330. The summed E-state index contributed by atoms with van der Waals surface area (Å²) in [4.78, 5) is 23.8. The molecule has 0 spiro atoms. The number of benzene rings is 1. The number of carbonyl (C=O) groups excluding carboxylic acids is 1. The third kappa shape index (κ3) is 4.90. The summed E-state index contributed by atoms with van der Waals surface area (Å²) >= 11 is -0.950. The molecule has 38 heavy (non-hydrogen) atoms. The topological polar surface area (TPSA) is 108 Å². The van der Waals surface area contributed by atoms with Crippen molar-refractivity contribution in [1.29, 1.82) is 0 Å². The number of imidazole rings is 1. The summed E-state index contributed by atoms with van der Waals surface area (Å²) in [6.45, 7) is 5.69. The van der Waals surface area contributed by atoms with Gasteiger partial charge in [0.2, 0.25) is 11.8 Å². The molecule has 3 aliphatic rings. The second-order valence-corrected chi connectivity index (χ2v) is 11.7. The number of fused-ring (bicyclic) bond motifs is 1. The molecule has 3 atom stereocenters. The van der Waals surface area contributed by atoms with Gasteiger partial charge in [-0.1, -0.05) is 6.07 Å². The Balaban J connectivity index is 1.32. The van der Waals surface area contributed by atoms with E-state index in [2.05, 4.69) is 26.9 Å². The number of piperazine rings is 1. The lowest BCUT2D eigenvalue weighted by atomic mass is 10.0. The van der Waals surface area contributed by atoms with E-state index in [0.717, 1.165) is 72.7 Å². The van der Waals surface area contributed by atoms with Crippen LogP contribution in [0.15, 0.2) is 30.6 Å². The van der Waals surface area contributed by atoms with Gasteiger partial charge in [-0.15, -0.1) is 4.31 Å². The lowest BCUT2D eigenvalue weighted by molar-refractivity contribution is -0.119. The molecule has 1 unspecified atom stereocenters. The highest BCUT2D eigenvalue weighted by atomic mass is 32.2. The van der Waals surface area contributed by atoms with Gasteiger partial charge in [0.05, 0.1) is 43.4 Å². The minimum Gasteiger partial charge on any atom is -0.598 e. The van der Waals surface area contributed by atoms with Gasteiger partial charge in [-0.05, 0) is 38.0 Å². The van der Waals surface area contributed by atoms with Crippen LogP contribution >= 0.6 is 0 Å². The lowest BCUT2D eigenvalue weighted by Crippen LogP contribution is -2.48. The highest BCUT2D eigenvalue weighted by molar-refractivity contribution is 7.88. The Morgan fingerprint density at radius 2 is 1.97 bits per heavy atom. The molecule has 3 fully saturated rings. The first-order chi connectivity index (χ1) is 18.4. The van der Waals surface area contributed by atoms with Crippen LogP contribution in [0.25, 0.3) is 22.3 Å². The highest BCUT2D eigenvalue weighted by Crippen LogP contribution is 2.41. The van der Waals surface area contributed by atoms with Gasteiger partial charge in [0.15, 0.2) is 0 Å². The van der Waals surface area contributed by atoms with E-state index in [0.29, 0.717) is 24.9 Å². The van der Waals surface area contributed by atoms with E-state index in [-0.39, 0.29) is 17.9 Å². The summed E-state index contributed by atoms with van der Waals surface area (Å²) in [6.07, 6.45) is 6.17. The number of hydrogen-bond acceptors (Lipinski definition) is 8. The van der Waals surface area contributed by atoms with Crippen molar-refractivity contribution in [2.75, 3.05) is 51.0 Å². The van der Waals surface area contributed by atoms with E-state index in [1.165, 1.54) is 0 Å². The van der Waals surface area contributed by atoms with Gasteiger partial charge in [-0.25, -0.2) is 9.97 Å². The van der Waals surface area contributed by atoms with Crippen LogP contribution in [-0.4, -0.2) is 81.5 Å². The minimum atomic E-state index is -0.950. The van der Waals surface area contributed by atoms with Gasteiger partial charge >= 0.3 is 0 Å². The van der Waals surface area contributed by atoms with Crippen LogP contribution in [0, 0.1) is 5.92 Å². The summed E-state index contributed by atoms with van der Waals surface area (Å²) in [5, 5.41) is 2.91. The molecule has 6 rings (SSSR count). The molecule has 1 saturated carbocycles. The van der Waals surface area contributed by atoms with Crippen molar-refractivity contribution in [2.24, 2.45) is 5.92 Å². The first kappa shape index (κ1) is 25.3. The Hall–Kier alpha value is -3.02. The monoisotopic (exact) mass is 538 g/mol. The molecule has 1 amide bonds. The first-order valence-corrected chi connectivity index (χ1v) is 14.8. The third-order valence-corrected chi connectivity index (χ3v) is 8.94. The first-order valence-electron chi connectivity index (χ1n) is 13.2. The molecular formula is C27H34N6O4S. The molecule has 1 N–H and O–H groups in total. The van der Waals surface area contributed by atoms with E-state index in [1.807, 2.05) is 29.7 Å². The molecule has 10 nitrogen and oxygen atoms in total. The van der Waals surface area contributed by atoms with Crippen molar-refractivity contribution in [1.82, 2.24) is 24.2 Å². The number of nitrogens with one attached hydrogen (secondary N) is 1. The number of rotatable bonds is 8. The van der Waals surface area contributed by atoms with Crippen molar-refractivity contribution in [3.63, 3.8) is 0 Å². The molecule has 202 valence electrons. The zero-order chi connectivity index (χ0) is 26.4. The summed E-state index contributed by atoms with van der Waals surface area (Å²) in [5.74, 6) is 1.49. The summed E-state index contributed by atoms with van der Waals surface area (Å²) in [6, 6.07) is 8.58. The molecule has 0 bridgehead atoms. The Morgan fingerprint density at radius 1 is 1.18 bits per heavy atom. The Labute approximate surface area is 225 Å². The average Bonchev–Trinajstić information content (AvgIpc) is 3.53. The zero-order valence-electron chi connectivity index (χ0n) is 22.1. The SMILES string of the molecule is COc1cc(-c2cc3ncn(C4CC4)c3c(O[C@H](C)[C@H]3CNC(=O)C3)n2)ccc1N1CCN([S+](C)[O-])CC1. The molecule has 11 heteroatoms. The quantitative estimate of drug-likeness (QED) is 0.437. The number of carbonyl (C=O) groups is 1. The fraction of sp³-hybridized carbons (Fsp3) is 0.519. The number of methoxy groups -OCH3 is 1. The Morgan fingerprint density at radius 3 is 2.63 bits per heavy atom. The number of nitrogens with zero attached hydrogens (tertiary/aromatic N) is 5. The standard InChI is InChI=1S/C27H34N6O4S/c1-17(19-13-25(34)28-15-19)37-27-26-22(29-16-33(26)20-5-6-20)14-21(30-27)18-4-7-23(24(12-18)36-2)31-8-10-32(11-9-31)38(3)35/h4,7,12,14,16-17,19-20H,5-6,8-11,13,15H2,1-3H3,(H,28,34)/t17-,19-,38?/m1/s1. The number of amides is 1. The maximum absolute atomic E-state index is 11.8. The number of pyridine rings is 1. The molecule has 1 aromatic carbocycles. The van der Waals surface area contributed by atoms with Crippen LogP contribution in [0.1, 0.15) is 32.2 Å². The normalized spacial score (nSPS) is 21.9. The molecule has 4 heterocycles. The minimum absolute atomic E-state index is 0.0666. The maximum atomic E-state index is 11.8. The fourth-order valence-corrected chi connectivity index (χ4v) is 6.08. The summed E-state index contributed by atoms with van der Waals surface area (Å²) < 4.78 is 28.3. The predicted molar refractivity (Wildman–Crippen MR) is 147 cm³/mol. The molecule has 2 aliphatic heterocycles. The van der Waals surface area contributed by atoms with Gasteiger partial charge in [0.1, 0.15) is 23.6 Å². The van der Waals surface area contributed by atoms with Crippen LogP contribution in [-0.2, 0) is 16.2 Å². The van der Waals surface area contributed by atoms with Crippen LogP contribution in [0.5, 0.6) is 11.6 Å². The number of anilines is 1. The van der Waals surface area contributed by atoms with E-state index < -0.39 is 11.4 Å². The highest BCUT2D eigenvalue weighted by Gasteiger charge is 2.31. The van der Waals surface area contributed by atoms with Gasteiger partial charge in [0, 0.05) is 54.9 Å². The maximum Gasteiger partial charge on any atom is 0.241 e. The van der Waals surface area contributed by atoms with Gasteiger partial charge in [-0.2, -0.15) is 0 Å². The van der Waals surface area contributed by atoms with Crippen molar-refractivity contribution in [3.8, 4) is 22.9 Å². The van der Waals surface area contributed by atoms with Gasteiger partial charge in [0.25, 0.3) is 0 Å². The molecule has 1 aliphatic carbocycles. The molecular weight excluding hydrogens is 504 g/mol. The molecule has 2 saturated heterocycles. The van der Waals surface area contributed by atoms with Crippen molar-refractivity contribution in [2.45, 2.75) is 38.3 Å². The van der Waals surface area contributed by atoms with E-state index >= 15 is 0 Å². The molecule has 2 aromatic heterocycles. The zero-order valence-corrected chi connectivity index (χ0v) is 22.9. The van der Waals surface area contributed by atoms with Gasteiger partial charge < -0.3 is 28.8 Å². The van der Waals surface area contributed by atoms with E-state index in [4.69, 9.17) is 19.4 Å². The van der Waals surface area contributed by atoms with Crippen LogP contribution in [0.4, 0.5) is 5.69 Å². The van der Waals surface area contributed by atoms with Crippen molar-refractivity contribution in [3.05, 3.63) is 30.6 Å². The van der Waals surface area contributed by atoms with Crippen LogP contribution in [0.3, 0.4) is 0 Å². The largest absolute Gasteiger partial charge is 0.598 e. The van der Waals surface area contributed by atoms with Crippen molar-refractivity contribution < 1.29 is 18.8 Å². The predicted octanol–water partition coefficient (Wildman–Crippen LogP) is 2.76. The third-order valence-electron chi connectivity index (χ3n) is 7.85. The molecule has 3 aromatic rings. The smallest absolute Gasteiger partial charge is 0.241 e. The number of aromatic nitrogens is 3. The number of hydrogen-bond donors (Lipinski definition) is 1. The number of ether oxygens (including phenoxy) is 2. The van der Waals surface area contributed by atoms with Crippen LogP contribution in [0.2, 0.25) is 0 Å².